The molecule has 0 unspecified atom stereocenters. The van der Waals surface area contributed by atoms with E-state index in [-0.39, 0.29) is 36.0 Å². The standard InChI is InChI=1S/C22H35N5O3S/c1-4-12-31-13-8-11-23-19(28)17-14-18-20(29)26(3)22(2,15-27(18)25-17)21(30)24-16-9-6-5-7-10-16/h14,16H,4-13,15H2,1-3H3,(H,23,28)(H,24,30)/t22-/m1/s1. The quantitative estimate of drug-likeness (QED) is 0.565. The second kappa shape index (κ2) is 10.5. The fraction of sp³-hybridized carbons (Fsp3) is 0.727. The molecule has 172 valence electrons. The summed E-state index contributed by atoms with van der Waals surface area (Å²) in [5, 5.41) is 10.4. The van der Waals surface area contributed by atoms with Gasteiger partial charge in [-0.25, -0.2) is 0 Å². The second-order valence-corrected chi connectivity index (χ2v) is 9.97. The summed E-state index contributed by atoms with van der Waals surface area (Å²) in [6.45, 7) is 4.72. The number of hydrogen-bond donors (Lipinski definition) is 2. The van der Waals surface area contributed by atoms with Gasteiger partial charge in [-0.1, -0.05) is 26.2 Å². The van der Waals surface area contributed by atoms with Crippen LogP contribution in [0, 0.1) is 0 Å². The van der Waals surface area contributed by atoms with Crippen molar-refractivity contribution in [1.82, 2.24) is 25.3 Å². The number of rotatable bonds is 9. The summed E-state index contributed by atoms with van der Waals surface area (Å²) in [4.78, 5) is 40.1. The van der Waals surface area contributed by atoms with Crippen LogP contribution in [0.25, 0.3) is 0 Å². The van der Waals surface area contributed by atoms with Gasteiger partial charge >= 0.3 is 0 Å². The summed E-state index contributed by atoms with van der Waals surface area (Å²) < 4.78 is 1.51. The van der Waals surface area contributed by atoms with Crippen molar-refractivity contribution in [1.29, 1.82) is 0 Å². The highest BCUT2D eigenvalue weighted by atomic mass is 32.2. The maximum Gasteiger partial charge on any atom is 0.272 e. The molecule has 1 aromatic heterocycles. The monoisotopic (exact) mass is 449 g/mol. The molecule has 31 heavy (non-hydrogen) atoms. The Hall–Kier alpha value is -2.03. The van der Waals surface area contributed by atoms with Crippen LogP contribution < -0.4 is 10.6 Å². The minimum atomic E-state index is -1.04. The molecule has 2 aliphatic rings. The molecule has 9 heteroatoms. The van der Waals surface area contributed by atoms with Gasteiger partial charge in [0, 0.05) is 25.7 Å². The van der Waals surface area contributed by atoms with Crippen LogP contribution in [0.15, 0.2) is 6.07 Å². The van der Waals surface area contributed by atoms with E-state index in [1.165, 1.54) is 22.1 Å². The number of carbonyl (C=O) groups is 3. The number of amides is 3. The maximum atomic E-state index is 13.1. The highest BCUT2D eigenvalue weighted by molar-refractivity contribution is 7.99. The zero-order valence-corrected chi connectivity index (χ0v) is 19.7. The van der Waals surface area contributed by atoms with E-state index in [1.54, 1.807) is 14.0 Å². The molecule has 8 nitrogen and oxygen atoms in total. The van der Waals surface area contributed by atoms with E-state index in [1.807, 2.05) is 11.8 Å². The second-order valence-electron chi connectivity index (χ2n) is 8.74. The summed E-state index contributed by atoms with van der Waals surface area (Å²) in [7, 11) is 1.65. The van der Waals surface area contributed by atoms with Crippen LogP contribution in [-0.2, 0) is 11.3 Å². The van der Waals surface area contributed by atoms with Gasteiger partial charge in [-0.15, -0.1) is 0 Å². The normalized spacial score (nSPS) is 21.6. The third kappa shape index (κ3) is 5.42. The van der Waals surface area contributed by atoms with Gasteiger partial charge in [0.1, 0.15) is 11.2 Å². The first-order valence-electron chi connectivity index (χ1n) is 11.4. The van der Waals surface area contributed by atoms with Gasteiger partial charge in [-0.3, -0.25) is 19.1 Å². The zero-order chi connectivity index (χ0) is 22.4. The fourth-order valence-electron chi connectivity index (χ4n) is 4.14. The molecule has 1 saturated carbocycles. The van der Waals surface area contributed by atoms with Gasteiger partial charge < -0.3 is 15.5 Å². The van der Waals surface area contributed by atoms with Crippen molar-refractivity contribution in [2.45, 2.75) is 76.9 Å². The SMILES string of the molecule is CCCSCCCNC(=O)c1cc2n(n1)C[C@](C)(C(=O)NC1CCCCC1)N(C)C2=O. The third-order valence-corrected chi connectivity index (χ3v) is 7.54. The van der Waals surface area contributed by atoms with Crippen molar-refractivity contribution < 1.29 is 14.4 Å². The molecule has 1 aromatic rings. The van der Waals surface area contributed by atoms with Crippen LogP contribution in [-0.4, -0.2) is 69.1 Å². The van der Waals surface area contributed by atoms with E-state index in [0.29, 0.717) is 12.2 Å². The highest BCUT2D eigenvalue weighted by Gasteiger charge is 2.46. The van der Waals surface area contributed by atoms with Crippen molar-refractivity contribution >= 4 is 29.5 Å². The van der Waals surface area contributed by atoms with E-state index in [0.717, 1.165) is 50.0 Å². The molecular weight excluding hydrogens is 414 g/mol. The third-order valence-electron chi connectivity index (χ3n) is 6.26. The summed E-state index contributed by atoms with van der Waals surface area (Å²) in [5.74, 6) is 1.39. The Morgan fingerprint density at radius 1 is 1.26 bits per heavy atom. The van der Waals surface area contributed by atoms with E-state index < -0.39 is 5.54 Å². The van der Waals surface area contributed by atoms with Crippen molar-refractivity contribution in [3.8, 4) is 0 Å². The predicted octanol–water partition coefficient (Wildman–Crippen LogP) is 2.44. The minimum absolute atomic E-state index is 0.160. The average molecular weight is 450 g/mol. The van der Waals surface area contributed by atoms with Crippen LogP contribution in [0.1, 0.15) is 79.8 Å². The number of hydrogen-bond acceptors (Lipinski definition) is 5. The Labute approximate surface area is 188 Å². The van der Waals surface area contributed by atoms with Gasteiger partial charge in [0.05, 0.1) is 6.54 Å². The topological polar surface area (TPSA) is 96.3 Å². The predicted molar refractivity (Wildman–Crippen MR) is 122 cm³/mol. The van der Waals surface area contributed by atoms with Crippen molar-refractivity contribution in [3.05, 3.63) is 17.5 Å². The molecular formula is C22H35N5O3S. The molecule has 3 rings (SSSR count). The number of fused-ring (bicyclic) bond motifs is 1. The first-order valence-corrected chi connectivity index (χ1v) is 12.5. The van der Waals surface area contributed by atoms with Crippen LogP contribution in [0.5, 0.6) is 0 Å². The molecule has 2 heterocycles. The Kier molecular flexibility index (Phi) is 8.02. The summed E-state index contributed by atoms with van der Waals surface area (Å²) in [5.41, 5.74) is -0.485. The van der Waals surface area contributed by atoms with Crippen molar-refractivity contribution in [2.75, 3.05) is 25.1 Å². The lowest BCUT2D eigenvalue weighted by Crippen LogP contribution is -2.63. The van der Waals surface area contributed by atoms with Gasteiger partial charge in [0.2, 0.25) is 5.91 Å². The van der Waals surface area contributed by atoms with Crippen LogP contribution in [0.3, 0.4) is 0 Å². The van der Waals surface area contributed by atoms with Crippen molar-refractivity contribution in [3.63, 3.8) is 0 Å². The van der Waals surface area contributed by atoms with Gasteiger partial charge in [0.25, 0.3) is 11.8 Å². The van der Waals surface area contributed by atoms with E-state index in [9.17, 15) is 14.4 Å². The van der Waals surface area contributed by atoms with Gasteiger partial charge in [-0.05, 0) is 44.1 Å². The van der Waals surface area contributed by atoms with Gasteiger partial charge in [-0.2, -0.15) is 16.9 Å². The van der Waals surface area contributed by atoms with Crippen molar-refractivity contribution in [2.24, 2.45) is 0 Å². The minimum Gasteiger partial charge on any atom is -0.351 e. The molecule has 0 radical (unpaired) electrons. The molecule has 1 atom stereocenters. The fourth-order valence-corrected chi connectivity index (χ4v) is 4.98. The molecule has 2 N–H and O–H groups in total. The van der Waals surface area contributed by atoms with Crippen LogP contribution in [0.4, 0.5) is 0 Å². The molecule has 0 spiro atoms. The smallest absolute Gasteiger partial charge is 0.272 e. The molecule has 1 aliphatic heterocycles. The number of likely N-dealkylation sites (N-methyl/N-ethyl adjacent to an activating group) is 1. The largest absolute Gasteiger partial charge is 0.351 e. The summed E-state index contributed by atoms with van der Waals surface area (Å²) >= 11 is 1.88. The van der Waals surface area contributed by atoms with E-state index >= 15 is 0 Å². The highest BCUT2D eigenvalue weighted by Crippen LogP contribution is 2.27. The van der Waals surface area contributed by atoms with Crippen LogP contribution >= 0.6 is 11.8 Å². The van der Waals surface area contributed by atoms with Crippen LogP contribution in [0.2, 0.25) is 0 Å². The lowest BCUT2D eigenvalue weighted by molar-refractivity contribution is -0.133. The lowest BCUT2D eigenvalue weighted by Gasteiger charge is -2.41. The number of nitrogens with one attached hydrogen (secondary N) is 2. The molecule has 0 bridgehead atoms. The van der Waals surface area contributed by atoms with E-state index in [2.05, 4.69) is 22.7 Å². The number of nitrogens with zero attached hydrogens (tertiary/aromatic N) is 3. The number of thioether (sulfide) groups is 1. The first-order chi connectivity index (χ1) is 14.9. The first kappa shape index (κ1) is 23.6. The average Bonchev–Trinajstić information content (AvgIpc) is 3.19. The lowest BCUT2D eigenvalue weighted by atomic mass is 9.92. The van der Waals surface area contributed by atoms with Gasteiger partial charge in [0.15, 0.2) is 5.69 Å². The summed E-state index contributed by atoms with van der Waals surface area (Å²) in [6, 6.07) is 1.69. The molecule has 1 aliphatic carbocycles. The number of carbonyl (C=O) groups excluding carboxylic acids is 3. The Morgan fingerprint density at radius 3 is 2.71 bits per heavy atom. The maximum absolute atomic E-state index is 13.1. The number of aromatic nitrogens is 2. The molecule has 1 fully saturated rings. The Bertz CT molecular complexity index is 805. The Morgan fingerprint density at radius 2 is 2.00 bits per heavy atom. The van der Waals surface area contributed by atoms with E-state index in [4.69, 9.17) is 0 Å². The molecule has 0 saturated heterocycles. The molecule has 3 amide bonds. The molecule has 0 aromatic carbocycles. The summed E-state index contributed by atoms with van der Waals surface area (Å²) in [6.07, 6.45) is 7.45. The Balaban J connectivity index is 1.64. The zero-order valence-electron chi connectivity index (χ0n) is 18.9.